The highest BCUT2D eigenvalue weighted by Gasteiger charge is 2.56. The second-order valence-electron chi connectivity index (χ2n) is 31.6. The van der Waals surface area contributed by atoms with Crippen LogP contribution in [-0.4, -0.2) is 171 Å². The third-order valence-corrected chi connectivity index (χ3v) is 28.5. The molecule has 1 aromatic carbocycles. The van der Waals surface area contributed by atoms with Crippen LogP contribution in [0.3, 0.4) is 0 Å². The number of unbranched alkanes of at least 4 members (excludes halogenated alkanes) is 15. The lowest BCUT2D eigenvalue weighted by Gasteiger charge is -2.40. The normalized spacial score (nSPS) is 21.4. The summed E-state index contributed by atoms with van der Waals surface area (Å²) < 4.78 is 110. The lowest BCUT2D eigenvalue weighted by Crippen LogP contribution is -2.49. The molecule has 0 bridgehead atoms. The first-order valence-electron chi connectivity index (χ1n) is 40.0. The van der Waals surface area contributed by atoms with Crippen LogP contribution in [0.1, 0.15) is 228 Å². The van der Waals surface area contributed by atoms with Crippen molar-refractivity contribution < 1.29 is 88.7 Å². The molecule has 0 aliphatic carbocycles. The number of aliphatic hydroxyl groups excluding tert-OH is 1. The maximum atomic E-state index is 15.6. The van der Waals surface area contributed by atoms with Crippen LogP contribution >= 0.6 is 15.6 Å². The van der Waals surface area contributed by atoms with E-state index in [1.165, 1.54) is 127 Å². The molecule has 8 rings (SSSR count). The number of rotatable bonds is 47. The molecule has 4 aromatic heterocycles. The smallest absolute Gasteiger partial charge is 0.475 e. The van der Waals surface area contributed by atoms with Crippen molar-refractivity contribution in [2.24, 2.45) is 5.92 Å². The topological polar surface area (TPSA) is 417 Å². The zero-order chi connectivity index (χ0) is 84.8. The first-order valence-corrected chi connectivity index (χ1v) is 45.9. The van der Waals surface area contributed by atoms with Crippen LogP contribution in [0.2, 0.25) is 18.1 Å². The maximum Gasteiger partial charge on any atom is 0.475 e. The number of aryl methyl sites for hydroxylation is 3. The molecule has 116 heavy (non-hydrogen) atoms. The number of phosphoric ester groups is 2. The Hall–Kier alpha value is -7.77. The summed E-state index contributed by atoms with van der Waals surface area (Å²) in [7, 11) is -13.4. The van der Waals surface area contributed by atoms with Crippen LogP contribution in [0.4, 0.5) is 5.95 Å². The number of aliphatic hydroxyl groups is 1. The van der Waals surface area contributed by atoms with E-state index in [0.29, 0.717) is 22.5 Å². The summed E-state index contributed by atoms with van der Waals surface area (Å²) in [6.45, 7) is 33.6. The number of hydrogen-bond donors (Lipinski definition) is 4. The van der Waals surface area contributed by atoms with Gasteiger partial charge in [-0.2, -0.15) is 9.55 Å². The molecular formula is C78H115N11O24P2Si. The Morgan fingerprint density at radius 3 is 1.82 bits per heavy atom. The summed E-state index contributed by atoms with van der Waals surface area (Å²) in [5.41, 5.74) is -3.43. The third-order valence-electron chi connectivity index (χ3n) is 21.1. The molecule has 3 saturated heterocycles. The molecule has 3 fully saturated rings. The fourth-order valence-corrected chi connectivity index (χ4v) is 17.3. The number of aromatic amines is 2. The Morgan fingerprint density at radius 1 is 0.690 bits per heavy atom. The highest BCUT2D eigenvalue weighted by atomic mass is 31.2. The van der Waals surface area contributed by atoms with Gasteiger partial charge in [-0.25, -0.2) is 36.8 Å². The molecule has 0 spiro atoms. The number of aromatic nitrogens is 8. The van der Waals surface area contributed by atoms with Crippen LogP contribution in [0.5, 0.6) is 5.75 Å². The van der Waals surface area contributed by atoms with Crippen molar-refractivity contribution in [3.05, 3.63) is 134 Å². The van der Waals surface area contributed by atoms with Crippen molar-refractivity contribution >= 4 is 64.6 Å². The molecule has 35 nitrogen and oxygen atoms in total. The number of carbonyl (C=O) groups is 4. The minimum absolute atomic E-state index is 0.0200. The molecular weight excluding hydrogens is 1560 g/mol. The number of benzene rings is 1. The first-order chi connectivity index (χ1) is 55.0. The largest absolute Gasteiger partial charge is 0.493 e. The average Bonchev–Trinajstić information content (AvgIpc) is 1.58. The van der Waals surface area contributed by atoms with Gasteiger partial charge in [0.2, 0.25) is 24.9 Å². The van der Waals surface area contributed by atoms with Gasteiger partial charge >= 0.3 is 33.0 Å². The SMILES string of the molecule is [C-]#[N+]CCOP(=O)(OC[C@H]1O[C@@H](n2cc(C)c(=O)n(C(=O)c3cc(C)c(C)c(OCCCCCCCCCCCCCCCCCC)c3)c2=O)CC1OC(=O)CCC(C)=O)OC1C[C@H](n2cc(C)c(=O)[nH]c2=O)O[C@@H]1COP(=O)(OCC[N+]#[C-])OC1[C@@H](CO)O[C@@H](n2cnc3c(=O)[nH]c(NC(=O)C(C)C)nc32)[C@H]1O[Si](C)(C)C(C)(C)C. The van der Waals surface area contributed by atoms with E-state index in [9.17, 15) is 48.3 Å². The van der Waals surface area contributed by atoms with E-state index in [4.69, 9.17) is 68.4 Å². The molecule has 5 aromatic rings. The fraction of sp³-hybridized carbons (Fsp3) is 0.679. The summed E-state index contributed by atoms with van der Waals surface area (Å²) >= 11 is 0. The molecule has 3 aliphatic heterocycles. The van der Waals surface area contributed by atoms with E-state index < -0.39 is 201 Å². The zero-order valence-corrected chi connectivity index (χ0v) is 71.6. The van der Waals surface area contributed by atoms with Gasteiger partial charge in [-0.05, 0) is 82.4 Å². The summed E-state index contributed by atoms with van der Waals surface area (Å²) in [4.78, 5) is 142. The van der Waals surface area contributed by atoms with E-state index in [2.05, 4.69) is 41.9 Å². The Labute approximate surface area is 675 Å². The Morgan fingerprint density at radius 2 is 1.25 bits per heavy atom. The summed E-state index contributed by atoms with van der Waals surface area (Å²) in [6.07, 6.45) is 6.69. The Bertz CT molecular complexity index is 4710. The average molecular weight is 1680 g/mol. The number of H-pyrrole nitrogens is 2. The second-order valence-corrected chi connectivity index (χ2v) is 39.6. The van der Waals surface area contributed by atoms with Gasteiger partial charge in [0, 0.05) is 54.3 Å². The fourth-order valence-electron chi connectivity index (χ4n) is 13.2. The number of amides is 1. The van der Waals surface area contributed by atoms with Gasteiger partial charge in [-0.3, -0.25) is 84.9 Å². The number of fused-ring (bicyclic) bond motifs is 1. The number of imidazole rings is 1. The minimum atomic E-state index is -5.20. The molecule has 3 aliphatic rings. The number of phosphoric acid groups is 2. The van der Waals surface area contributed by atoms with Crippen molar-refractivity contribution in [1.29, 1.82) is 0 Å². The van der Waals surface area contributed by atoms with Gasteiger partial charge in [0.05, 0.1) is 39.2 Å². The van der Waals surface area contributed by atoms with Crippen molar-refractivity contribution in [1.82, 2.24) is 38.2 Å². The lowest BCUT2D eigenvalue weighted by molar-refractivity contribution is -0.153. The molecule has 7 heterocycles. The van der Waals surface area contributed by atoms with Crippen LogP contribution in [-0.2, 0) is 74.0 Å². The van der Waals surface area contributed by atoms with Gasteiger partial charge < -0.3 is 47.7 Å². The van der Waals surface area contributed by atoms with Crippen LogP contribution in [0.15, 0.2) is 54.8 Å². The standard InChI is InChI=1S/C78H115N11O24P2Si/c1-16-17-18-19-20-21-22-23-24-25-26-27-28-29-30-31-36-102-56-40-55(39-50(4)54(56)8)73(97)89-72(96)52(6)44-87(77(89)99)63-41-57(109-64(92)33-32-53(7)91)60(107-63)46-105-114(100,103-37-34-79-12)111-58-42-62(86-43-51(5)70(94)85-76(86)98)108-61(58)47-106-115(101,104-38-35-80-13)112-66-59(45-90)110-74(67(66)113-116(14,15)78(9,10)11)88-48-81-65-68(88)82-75(84-71(65)95)83-69(93)49(2)3/h39-40,43-44,48-49,57-63,66-67,74,90H,16-38,41-42,45-47H2,1-11,14-15H3,(H,85,94,98)(H2,82,83,84,93,95)/t57?,58?,59-,60-,61-,62-,63-,66?,67+,74-,114?,115?/m1/s1. The maximum absolute atomic E-state index is 15.6. The summed E-state index contributed by atoms with van der Waals surface area (Å²) in [5.74, 6) is -3.02. The monoisotopic (exact) mass is 1680 g/mol. The van der Waals surface area contributed by atoms with E-state index in [0.717, 1.165) is 40.4 Å². The van der Waals surface area contributed by atoms with Crippen LogP contribution in [0, 0.1) is 46.8 Å². The molecule has 4 N–H and O–H groups in total. The quantitative estimate of drug-likeness (QED) is 0.00924. The molecule has 12 atom stereocenters. The molecule has 0 radical (unpaired) electrons. The number of anilines is 1. The number of nitrogens with one attached hydrogen (secondary N) is 3. The highest BCUT2D eigenvalue weighted by molar-refractivity contribution is 7.48. The van der Waals surface area contributed by atoms with E-state index >= 15 is 9.13 Å². The number of esters is 1. The molecule has 1 amide bonds. The number of nitrogens with zero attached hydrogens (tertiary/aromatic N) is 8. The Kier molecular flexibility index (Phi) is 35.0. The van der Waals surface area contributed by atoms with E-state index in [-0.39, 0.29) is 52.4 Å². The Balaban J connectivity index is 1.04. The minimum Gasteiger partial charge on any atom is -0.493 e. The predicted octanol–water partition coefficient (Wildman–Crippen LogP) is 11.9. The summed E-state index contributed by atoms with van der Waals surface area (Å²) in [6, 6.07) is 3.04. The number of carbonyl (C=O) groups excluding carboxylic acids is 4. The van der Waals surface area contributed by atoms with Crippen molar-refractivity contribution in [2.45, 2.75) is 284 Å². The highest BCUT2D eigenvalue weighted by Crippen LogP contribution is 2.57. The second kappa shape index (κ2) is 43.3. The van der Waals surface area contributed by atoms with E-state index in [1.54, 1.807) is 26.8 Å². The van der Waals surface area contributed by atoms with Crippen molar-refractivity contribution in [3.8, 4) is 5.75 Å². The number of Topliss-reactive ketones (excluding diaryl/α,β-unsaturated/α-hetero) is 1. The number of hydrogen-bond acceptors (Lipinski definition) is 26. The predicted molar refractivity (Wildman–Crippen MR) is 430 cm³/mol. The van der Waals surface area contributed by atoms with Gasteiger partial charge in [-0.1, -0.05) is 138 Å². The van der Waals surface area contributed by atoms with E-state index in [1.807, 2.05) is 40.8 Å². The van der Waals surface area contributed by atoms with Crippen LogP contribution in [0.25, 0.3) is 20.9 Å². The van der Waals surface area contributed by atoms with Crippen LogP contribution < -0.4 is 38.1 Å². The molecule has 640 valence electrons. The number of ketones is 1. The van der Waals surface area contributed by atoms with Crippen molar-refractivity contribution in [2.75, 3.05) is 58.0 Å². The molecule has 5 unspecified atom stereocenters. The molecule has 0 saturated carbocycles. The number of ether oxygens (including phenoxy) is 5. The van der Waals surface area contributed by atoms with Gasteiger partial charge in [-0.15, -0.1) is 0 Å². The molecule has 38 heteroatoms. The van der Waals surface area contributed by atoms with Gasteiger partial charge in [0.25, 0.3) is 22.6 Å². The lowest BCUT2D eigenvalue weighted by atomic mass is 10.0. The van der Waals surface area contributed by atoms with Gasteiger partial charge in [0.15, 0.2) is 25.7 Å². The first kappa shape index (κ1) is 93.7. The third kappa shape index (κ3) is 25.4. The van der Waals surface area contributed by atoms with Crippen molar-refractivity contribution in [3.63, 3.8) is 0 Å². The zero-order valence-electron chi connectivity index (χ0n) is 68.8. The van der Waals surface area contributed by atoms with Gasteiger partial charge in [0.1, 0.15) is 79.9 Å². The summed E-state index contributed by atoms with van der Waals surface area (Å²) in [5, 5.41) is 13.2.